The molecule has 0 bridgehead atoms. The number of halogens is 1. The predicted octanol–water partition coefficient (Wildman–Crippen LogP) is 5.33. The van der Waals surface area contributed by atoms with Gasteiger partial charge in [-0.2, -0.15) is 4.98 Å². The van der Waals surface area contributed by atoms with E-state index in [0.29, 0.717) is 33.3 Å². The molecule has 0 aliphatic heterocycles. The quantitative estimate of drug-likeness (QED) is 0.386. The number of imidazole rings is 1. The number of methoxy groups -OCH3 is 1. The number of rotatable bonds is 4. The summed E-state index contributed by atoms with van der Waals surface area (Å²) in [5.41, 5.74) is 2.22. The molecule has 0 unspecified atom stereocenters. The first kappa shape index (κ1) is 19.2. The number of fused-ring (bicyclic) bond motifs is 3. The van der Waals surface area contributed by atoms with Crippen LogP contribution in [0, 0.1) is 0 Å². The van der Waals surface area contributed by atoms with Crippen molar-refractivity contribution < 1.29 is 9.47 Å². The van der Waals surface area contributed by atoms with E-state index in [1.54, 1.807) is 52.6 Å². The first-order chi connectivity index (χ1) is 15.1. The number of hydrogen-bond acceptors (Lipinski definition) is 4. The average molecular weight is 432 g/mol. The second-order valence-electron chi connectivity index (χ2n) is 7.07. The second kappa shape index (κ2) is 7.49. The molecular formula is C24H18ClN3O3. The van der Waals surface area contributed by atoms with Crippen molar-refractivity contribution in [3.05, 3.63) is 88.2 Å². The van der Waals surface area contributed by atoms with Gasteiger partial charge < -0.3 is 9.47 Å². The van der Waals surface area contributed by atoms with Crippen LogP contribution in [0.4, 0.5) is 0 Å². The number of aryl methyl sites for hydroxylation is 1. The lowest BCUT2D eigenvalue weighted by molar-refractivity contribution is 0.408. The lowest BCUT2D eigenvalue weighted by atomic mass is 10.1. The minimum atomic E-state index is -0.240. The zero-order valence-electron chi connectivity index (χ0n) is 16.9. The maximum Gasteiger partial charge on any atom is 0.302 e. The number of aromatic nitrogens is 3. The molecule has 0 N–H and O–H groups in total. The highest BCUT2D eigenvalue weighted by Crippen LogP contribution is 2.31. The van der Waals surface area contributed by atoms with Crippen molar-refractivity contribution in [2.24, 2.45) is 7.05 Å². The summed E-state index contributed by atoms with van der Waals surface area (Å²) in [7, 11) is 3.44. The fourth-order valence-corrected chi connectivity index (χ4v) is 3.88. The topological polar surface area (TPSA) is 58.3 Å². The molecule has 0 spiro atoms. The van der Waals surface area contributed by atoms with Gasteiger partial charge in [-0.1, -0.05) is 29.8 Å². The fourth-order valence-electron chi connectivity index (χ4n) is 3.71. The molecule has 7 heteroatoms. The highest BCUT2D eigenvalue weighted by atomic mass is 35.5. The summed E-state index contributed by atoms with van der Waals surface area (Å²) in [4.78, 5) is 18.1. The lowest BCUT2D eigenvalue weighted by Gasteiger charge is -2.12. The Bertz CT molecular complexity index is 1470. The Morgan fingerprint density at radius 1 is 0.935 bits per heavy atom. The molecule has 0 aliphatic rings. The van der Waals surface area contributed by atoms with Gasteiger partial charge in [0.2, 0.25) is 0 Å². The van der Waals surface area contributed by atoms with Gasteiger partial charge in [-0.3, -0.25) is 13.9 Å². The summed E-state index contributed by atoms with van der Waals surface area (Å²) in [6, 6.07) is 22.4. The average Bonchev–Trinajstić information content (AvgIpc) is 3.12. The molecule has 6 nitrogen and oxygen atoms in total. The molecule has 31 heavy (non-hydrogen) atoms. The summed E-state index contributed by atoms with van der Waals surface area (Å²) in [5.74, 6) is 1.32. The first-order valence-corrected chi connectivity index (χ1v) is 10.0. The molecule has 5 rings (SSSR count). The predicted molar refractivity (Wildman–Crippen MR) is 122 cm³/mol. The standard InChI is InChI=1S/C24H18ClN3O3/c1-27-22-19-13-8-15(25)14-20(19)28(16-6-4-3-5-7-16)23(29)21(22)26-24(27)31-18-11-9-17(30-2)10-12-18/h3-14H,1-2H3. The van der Waals surface area contributed by atoms with Crippen LogP contribution in [0.25, 0.3) is 27.6 Å². The van der Waals surface area contributed by atoms with E-state index in [9.17, 15) is 4.79 Å². The second-order valence-corrected chi connectivity index (χ2v) is 7.50. The molecule has 0 amide bonds. The van der Waals surface area contributed by atoms with Gasteiger partial charge >= 0.3 is 6.01 Å². The molecule has 0 aliphatic carbocycles. The molecular weight excluding hydrogens is 414 g/mol. The Morgan fingerprint density at radius 3 is 2.35 bits per heavy atom. The number of hydrogen-bond donors (Lipinski definition) is 0. The van der Waals surface area contributed by atoms with Crippen LogP contribution in [-0.2, 0) is 7.05 Å². The van der Waals surface area contributed by atoms with Crippen molar-refractivity contribution in [2.75, 3.05) is 7.11 Å². The van der Waals surface area contributed by atoms with Crippen molar-refractivity contribution >= 4 is 33.5 Å². The molecule has 5 aromatic rings. The van der Waals surface area contributed by atoms with E-state index >= 15 is 0 Å². The number of pyridine rings is 1. The lowest BCUT2D eigenvalue weighted by Crippen LogP contribution is -2.19. The molecule has 0 fully saturated rings. The smallest absolute Gasteiger partial charge is 0.302 e. The van der Waals surface area contributed by atoms with Gasteiger partial charge in [-0.15, -0.1) is 0 Å². The van der Waals surface area contributed by atoms with Crippen LogP contribution in [0.2, 0.25) is 5.02 Å². The van der Waals surface area contributed by atoms with Crippen molar-refractivity contribution in [3.8, 4) is 23.2 Å². The molecule has 0 radical (unpaired) electrons. The van der Waals surface area contributed by atoms with E-state index in [4.69, 9.17) is 21.1 Å². The molecule has 0 atom stereocenters. The van der Waals surface area contributed by atoms with Gasteiger partial charge in [0, 0.05) is 23.1 Å². The van der Waals surface area contributed by atoms with Gasteiger partial charge in [0.15, 0.2) is 5.52 Å². The largest absolute Gasteiger partial charge is 0.497 e. The highest BCUT2D eigenvalue weighted by molar-refractivity contribution is 6.31. The van der Waals surface area contributed by atoms with Crippen LogP contribution >= 0.6 is 11.6 Å². The third-order valence-corrected chi connectivity index (χ3v) is 5.43. The maximum atomic E-state index is 13.5. The van der Waals surface area contributed by atoms with Gasteiger partial charge in [-0.25, -0.2) is 0 Å². The minimum absolute atomic E-state index is 0.240. The van der Waals surface area contributed by atoms with E-state index in [-0.39, 0.29) is 5.56 Å². The van der Waals surface area contributed by atoms with E-state index in [1.165, 1.54) is 0 Å². The van der Waals surface area contributed by atoms with E-state index in [0.717, 1.165) is 16.8 Å². The molecule has 2 heterocycles. The fraction of sp³-hybridized carbons (Fsp3) is 0.0833. The first-order valence-electron chi connectivity index (χ1n) is 9.65. The Hall–Kier alpha value is -3.77. The molecule has 3 aromatic carbocycles. The van der Waals surface area contributed by atoms with Crippen LogP contribution in [-0.4, -0.2) is 21.2 Å². The van der Waals surface area contributed by atoms with Crippen LogP contribution in [0.5, 0.6) is 17.5 Å². The SMILES string of the molecule is COc1ccc(Oc2nc3c(=O)n(-c4ccccc4)c4cc(Cl)ccc4c3n2C)cc1. The molecule has 2 aromatic heterocycles. The van der Waals surface area contributed by atoms with Crippen LogP contribution in [0.15, 0.2) is 77.6 Å². The maximum absolute atomic E-state index is 13.5. The summed E-state index contributed by atoms with van der Waals surface area (Å²) in [6.45, 7) is 0. The summed E-state index contributed by atoms with van der Waals surface area (Å²) in [5, 5.41) is 1.40. The van der Waals surface area contributed by atoms with Gasteiger partial charge in [-0.05, 0) is 54.6 Å². The number of benzene rings is 3. The molecule has 0 saturated heterocycles. The van der Waals surface area contributed by atoms with Gasteiger partial charge in [0.05, 0.1) is 18.1 Å². The van der Waals surface area contributed by atoms with Crippen molar-refractivity contribution in [1.82, 2.24) is 14.1 Å². The van der Waals surface area contributed by atoms with Crippen molar-refractivity contribution in [1.29, 1.82) is 0 Å². The van der Waals surface area contributed by atoms with E-state index in [1.807, 2.05) is 43.4 Å². The third-order valence-electron chi connectivity index (χ3n) is 5.20. The Labute approximate surface area is 182 Å². The normalized spacial score (nSPS) is 11.2. The molecule has 0 saturated carbocycles. The zero-order chi connectivity index (χ0) is 21.5. The summed E-state index contributed by atoms with van der Waals surface area (Å²) in [6.07, 6.45) is 0. The monoisotopic (exact) mass is 431 g/mol. The van der Waals surface area contributed by atoms with Crippen LogP contribution in [0.1, 0.15) is 0 Å². The number of nitrogens with zero attached hydrogens (tertiary/aromatic N) is 3. The number of para-hydroxylation sites is 1. The Balaban J connectivity index is 1.77. The zero-order valence-corrected chi connectivity index (χ0v) is 17.6. The summed E-state index contributed by atoms with van der Waals surface area (Å²) < 4.78 is 14.6. The van der Waals surface area contributed by atoms with Gasteiger partial charge in [0.25, 0.3) is 5.56 Å². The van der Waals surface area contributed by atoms with Crippen LogP contribution in [0.3, 0.4) is 0 Å². The van der Waals surface area contributed by atoms with Gasteiger partial charge in [0.1, 0.15) is 11.5 Å². The third kappa shape index (κ3) is 3.21. The van der Waals surface area contributed by atoms with Crippen molar-refractivity contribution in [3.63, 3.8) is 0 Å². The molecule has 154 valence electrons. The number of ether oxygens (including phenoxy) is 2. The van der Waals surface area contributed by atoms with Crippen molar-refractivity contribution in [2.45, 2.75) is 0 Å². The Morgan fingerprint density at radius 2 is 1.65 bits per heavy atom. The highest BCUT2D eigenvalue weighted by Gasteiger charge is 2.20. The van der Waals surface area contributed by atoms with E-state index < -0.39 is 0 Å². The minimum Gasteiger partial charge on any atom is -0.497 e. The summed E-state index contributed by atoms with van der Waals surface area (Å²) >= 11 is 6.29. The Kier molecular flexibility index (Phi) is 4.64. The van der Waals surface area contributed by atoms with E-state index in [2.05, 4.69) is 4.98 Å². The van der Waals surface area contributed by atoms with Crippen LogP contribution < -0.4 is 15.0 Å².